The van der Waals surface area contributed by atoms with Gasteiger partial charge in [-0.15, -0.1) is 0 Å². The number of furan rings is 1. The van der Waals surface area contributed by atoms with Gasteiger partial charge in [-0.25, -0.2) is 0 Å². The number of nitrogens with one attached hydrogen (secondary N) is 1. The second kappa shape index (κ2) is 6.64. The van der Waals surface area contributed by atoms with Gasteiger partial charge in [0.2, 0.25) is 0 Å². The molecule has 0 unspecified atom stereocenters. The van der Waals surface area contributed by atoms with Gasteiger partial charge < -0.3 is 14.6 Å². The number of hydrogen-bond acceptors (Lipinski definition) is 4. The molecule has 0 radical (unpaired) electrons. The second-order valence-corrected chi connectivity index (χ2v) is 5.84. The van der Waals surface area contributed by atoms with Gasteiger partial charge in [0.25, 0.3) is 5.91 Å². The molecule has 3 heterocycles. The molecule has 116 valence electrons. The number of likely N-dealkylation sites (tertiary alicyclic amines) is 1. The lowest BCUT2D eigenvalue weighted by molar-refractivity contribution is 0.0691. The molecule has 0 atom stereocenters. The van der Waals surface area contributed by atoms with Crippen LogP contribution in [0.1, 0.15) is 36.0 Å². The first-order chi connectivity index (χ1) is 10.7. The number of nitrogens with zero attached hydrogens (tertiary/aromatic N) is 2. The fourth-order valence-corrected chi connectivity index (χ4v) is 2.63. The Labute approximate surface area is 130 Å². The molecule has 3 rings (SSSR count). The van der Waals surface area contributed by atoms with Crippen molar-refractivity contribution in [1.29, 1.82) is 0 Å². The van der Waals surface area contributed by atoms with Crippen molar-refractivity contribution < 1.29 is 9.21 Å². The van der Waals surface area contributed by atoms with Crippen LogP contribution in [-0.4, -0.2) is 28.9 Å². The molecule has 1 N–H and O–H groups in total. The Kier molecular flexibility index (Phi) is 4.42. The lowest BCUT2D eigenvalue weighted by Gasteiger charge is -2.30. The third-order valence-corrected chi connectivity index (χ3v) is 4.10. The van der Waals surface area contributed by atoms with Crippen LogP contribution in [0.5, 0.6) is 0 Å². The highest BCUT2D eigenvalue weighted by atomic mass is 16.3. The molecule has 1 amide bonds. The summed E-state index contributed by atoms with van der Waals surface area (Å²) in [6.07, 6.45) is 5.46. The van der Waals surface area contributed by atoms with E-state index in [-0.39, 0.29) is 5.91 Å². The molecule has 1 saturated heterocycles. The van der Waals surface area contributed by atoms with E-state index < -0.39 is 0 Å². The Bertz CT molecular complexity index is 617. The van der Waals surface area contributed by atoms with E-state index in [1.165, 1.54) is 0 Å². The Balaban J connectivity index is 1.64. The van der Waals surface area contributed by atoms with Crippen molar-refractivity contribution in [3.63, 3.8) is 0 Å². The minimum Gasteiger partial charge on any atom is -0.467 e. The van der Waals surface area contributed by atoms with Gasteiger partial charge in [0, 0.05) is 25.0 Å². The SMILES string of the molecule is CC1CCN(C(=O)c2cc(NCc3ccco3)ccn2)CC1. The van der Waals surface area contributed by atoms with Crippen molar-refractivity contribution in [1.82, 2.24) is 9.88 Å². The molecular formula is C17H21N3O2. The van der Waals surface area contributed by atoms with Gasteiger partial charge in [-0.2, -0.15) is 0 Å². The summed E-state index contributed by atoms with van der Waals surface area (Å²) in [6.45, 7) is 4.47. The first-order valence-corrected chi connectivity index (χ1v) is 7.74. The lowest BCUT2D eigenvalue weighted by Crippen LogP contribution is -2.38. The Morgan fingerprint density at radius 3 is 2.95 bits per heavy atom. The lowest BCUT2D eigenvalue weighted by atomic mass is 9.99. The van der Waals surface area contributed by atoms with E-state index in [1.54, 1.807) is 12.5 Å². The van der Waals surface area contributed by atoms with Crippen molar-refractivity contribution in [2.75, 3.05) is 18.4 Å². The predicted octanol–water partition coefficient (Wildman–Crippen LogP) is 3.16. The van der Waals surface area contributed by atoms with Crippen molar-refractivity contribution >= 4 is 11.6 Å². The molecule has 5 heteroatoms. The molecule has 0 aromatic carbocycles. The van der Waals surface area contributed by atoms with Crippen molar-refractivity contribution in [3.05, 3.63) is 48.2 Å². The molecule has 1 aliphatic rings. The maximum atomic E-state index is 12.5. The highest BCUT2D eigenvalue weighted by Gasteiger charge is 2.22. The van der Waals surface area contributed by atoms with Crippen LogP contribution in [0.3, 0.4) is 0 Å². The fraction of sp³-hybridized carbons (Fsp3) is 0.412. The van der Waals surface area contributed by atoms with Crippen molar-refractivity contribution in [3.8, 4) is 0 Å². The maximum Gasteiger partial charge on any atom is 0.272 e. The number of carbonyl (C=O) groups is 1. The van der Waals surface area contributed by atoms with Gasteiger partial charge in [0.1, 0.15) is 11.5 Å². The number of hydrogen-bond donors (Lipinski definition) is 1. The van der Waals surface area contributed by atoms with E-state index in [1.807, 2.05) is 29.2 Å². The van der Waals surface area contributed by atoms with E-state index >= 15 is 0 Å². The van der Waals surface area contributed by atoms with Crippen molar-refractivity contribution in [2.24, 2.45) is 5.92 Å². The molecule has 0 saturated carbocycles. The number of amides is 1. The quantitative estimate of drug-likeness (QED) is 0.942. The summed E-state index contributed by atoms with van der Waals surface area (Å²) < 4.78 is 5.28. The number of piperidine rings is 1. The normalized spacial score (nSPS) is 15.8. The molecule has 5 nitrogen and oxygen atoms in total. The number of rotatable bonds is 4. The molecule has 2 aromatic heterocycles. The van der Waals surface area contributed by atoms with Gasteiger partial charge in [-0.1, -0.05) is 6.92 Å². The van der Waals surface area contributed by atoms with E-state index in [0.29, 0.717) is 18.2 Å². The Morgan fingerprint density at radius 2 is 2.23 bits per heavy atom. The van der Waals surface area contributed by atoms with E-state index in [4.69, 9.17) is 4.42 Å². The van der Waals surface area contributed by atoms with Crippen LogP contribution in [0.4, 0.5) is 5.69 Å². The standard InChI is InChI=1S/C17H21N3O2/c1-13-5-8-20(9-6-13)17(21)16-11-14(4-7-18-16)19-12-15-3-2-10-22-15/h2-4,7,10-11,13H,5-6,8-9,12H2,1H3,(H,18,19). The van der Waals surface area contributed by atoms with Crippen LogP contribution in [0, 0.1) is 5.92 Å². The van der Waals surface area contributed by atoms with Gasteiger partial charge in [0.15, 0.2) is 0 Å². The van der Waals surface area contributed by atoms with Crippen LogP contribution in [0.25, 0.3) is 0 Å². The summed E-state index contributed by atoms with van der Waals surface area (Å²) >= 11 is 0. The molecule has 1 aliphatic heterocycles. The van der Waals surface area contributed by atoms with Gasteiger partial charge in [-0.3, -0.25) is 9.78 Å². The molecule has 22 heavy (non-hydrogen) atoms. The molecule has 0 aliphatic carbocycles. The summed E-state index contributed by atoms with van der Waals surface area (Å²) in [6, 6.07) is 7.44. The van der Waals surface area contributed by atoms with E-state index in [9.17, 15) is 4.79 Å². The van der Waals surface area contributed by atoms with Gasteiger partial charge >= 0.3 is 0 Å². The third kappa shape index (κ3) is 3.47. The zero-order valence-electron chi connectivity index (χ0n) is 12.8. The second-order valence-electron chi connectivity index (χ2n) is 5.84. The van der Waals surface area contributed by atoms with E-state index in [0.717, 1.165) is 37.4 Å². The molecule has 2 aromatic rings. The summed E-state index contributed by atoms with van der Waals surface area (Å²) in [5.41, 5.74) is 1.37. The van der Waals surface area contributed by atoms with Crippen LogP contribution >= 0.6 is 0 Å². The fourth-order valence-electron chi connectivity index (χ4n) is 2.63. The smallest absolute Gasteiger partial charge is 0.272 e. The summed E-state index contributed by atoms with van der Waals surface area (Å²) in [5, 5.41) is 3.25. The highest BCUT2D eigenvalue weighted by Crippen LogP contribution is 2.19. The zero-order valence-corrected chi connectivity index (χ0v) is 12.8. The summed E-state index contributed by atoms with van der Waals surface area (Å²) in [5.74, 6) is 1.58. The van der Waals surface area contributed by atoms with Crippen LogP contribution in [-0.2, 0) is 6.54 Å². The number of carbonyl (C=O) groups excluding carboxylic acids is 1. The summed E-state index contributed by atoms with van der Waals surface area (Å²) in [4.78, 5) is 18.6. The van der Waals surface area contributed by atoms with Gasteiger partial charge in [-0.05, 0) is 43.0 Å². The minimum atomic E-state index is 0.0218. The largest absolute Gasteiger partial charge is 0.467 e. The Hall–Kier alpha value is -2.30. The first-order valence-electron chi connectivity index (χ1n) is 7.74. The topological polar surface area (TPSA) is 58.4 Å². The number of pyridine rings is 1. The van der Waals surface area contributed by atoms with E-state index in [2.05, 4.69) is 17.2 Å². The maximum absolute atomic E-state index is 12.5. The van der Waals surface area contributed by atoms with Crippen LogP contribution in [0.2, 0.25) is 0 Å². The Morgan fingerprint density at radius 1 is 1.41 bits per heavy atom. The first kappa shape index (κ1) is 14.6. The highest BCUT2D eigenvalue weighted by molar-refractivity contribution is 5.93. The minimum absolute atomic E-state index is 0.0218. The molecule has 1 fully saturated rings. The van der Waals surface area contributed by atoms with Crippen molar-refractivity contribution in [2.45, 2.75) is 26.3 Å². The average Bonchev–Trinajstić information content (AvgIpc) is 3.07. The van der Waals surface area contributed by atoms with Gasteiger partial charge in [0.05, 0.1) is 12.8 Å². The number of aromatic nitrogens is 1. The monoisotopic (exact) mass is 299 g/mol. The molecule has 0 spiro atoms. The molecular weight excluding hydrogens is 278 g/mol. The third-order valence-electron chi connectivity index (χ3n) is 4.10. The zero-order chi connectivity index (χ0) is 15.4. The van der Waals surface area contributed by atoms with Crippen LogP contribution < -0.4 is 5.32 Å². The summed E-state index contributed by atoms with van der Waals surface area (Å²) in [7, 11) is 0. The number of anilines is 1. The average molecular weight is 299 g/mol. The molecule has 0 bridgehead atoms. The predicted molar refractivity (Wildman–Crippen MR) is 84.6 cm³/mol. The van der Waals surface area contributed by atoms with Crippen LogP contribution in [0.15, 0.2) is 41.1 Å².